The van der Waals surface area contributed by atoms with Gasteiger partial charge in [-0.1, -0.05) is 30.4 Å². The van der Waals surface area contributed by atoms with E-state index in [1.165, 1.54) is 17.0 Å². The third-order valence-electron chi connectivity index (χ3n) is 5.23. The number of nitrogens with zero attached hydrogens (tertiary/aromatic N) is 4. The minimum atomic E-state index is -0.700. The van der Waals surface area contributed by atoms with Crippen molar-refractivity contribution < 1.29 is 18.5 Å². The van der Waals surface area contributed by atoms with Gasteiger partial charge in [0.2, 0.25) is 0 Å². The number of rotatable bonds is 6. The second-order valence-electron chi connectivity index (χ2n) is 7.39. The maximum Gasteiger partial charge on any atom is 0.433 e. The summed E-state index contributed by atoms with van der Waals surface area (Å²) in [5.41, 5.74) is 2.43. The Morgan fingerprint density at radius 2 is 2.21 bits per heavy atom. The quantitative estimate of drug-likeness (QED) is 0.318. The summed E-state index contributed by atoms with van der Waals surface area (Å²) < 4.78 is 20.1. The van der Waals surface area contributed by atoms with Crippen LogP contribution < -0.4 is 5.32 Å². The van der Waals surface area contributed by atoms with E-state index >= 15 is 4.39 Å². The number of aromatic amines is 1. The Morgan fingerprint density at radius 3 is 2.79 bits per heavy atom. The van der Waals surface area contributed by atoms with Crippen molar-refractivity contribution >= 4 is 34.6 Å². The monoisotopic (exact) mass is 470 g/mol. The lowest BCUT2D eigenvalue weighted by molar-refractivity contribution is -0.402. The normalized spacial score (nSPS) is 14.5. The Labute approximate surface area is 192 Å². The van der Waals surface area contributed by atoms with E-state index in [2.05, 4.69) is 20.7 Å². The molecule has 0 bridgehead atoms. The molecule has 0 saturated heterocycles. The van der Waals surface area contributed by atoms with Gasteiger partial charge in [0, 0.05) is 18.7 Å². The number of aromatic nitrogens is 3. The molecule has 170 valence electrons. The molecule has 0 saturated carbocycles. The molecule has 1 unspecified atom stereocenters. The van der Waals surface area contributed by atoms with Gasteiger partial charge >= 0.3 is 5.88 Å². The van der Waals surface area contributed by atoms with Gasteiger partial charge in [0.15, 0.2) is 5.76 Å². The van der Waals surface area contributed by atoms with Gasteiger partial charge in [-0.2, -0.15) is 15.4 Å². The molecule has 3 heterocycles. The van der Waals surface area contributed by atoms with Crippen molar-refractivity contribution in [3.05, 3.63) is 81.1 Å². The minimum absolute atomic E-state index is 0.102. The van der Waals surface area contributed by atoms with Gasteiger partial charge in [-0.3, -0.25) is 14.9 Å². The predicted molar refractivity (Wildman–Crippen MR) is 120 cm³/mol. The number of benzene rings is 1. The third kappa shape index (κ3) is 4.80. The summed E-state index contributed by atoms with van der Waals surface area (Å²) in [6.45, 7) is 2.29. The average Bonchev–Trinajstić information content (AvgIpc) is 3.49. The van der Waals surface area contributed by atoms with E-state index in [9.17, 15) is 14.9 Å². The lowest BCUT2D eigenvalue weighted by atomic mass is 9.95. The van der Waals surface area contributed by atoms with Gasteiger partial charge in [-0.05, 0) is 36.6 Å². The molecule has 0 radical (unpaired) electrons. The maximum absolute atomic E-state index is 15.1. The van der Waals surface area contributed by atoms with Crippen molar-refractivity contribution in [3.8, 4) is 0 Å². The van der Waals surface area contributed by atoms with E-state index in [-0.39, 0.29) is 12.3 Å². The number of carbonyl (C=O) groups is 1. The van der Waals surface area contributed by atoms with E-state index in [4.69, 9.17) is 16.6 Å². The second-order valence-corrected chi connectivity index (χ2v) is 8.01. The van der Waals surface area contributed by atoms with Gasteiger partial charge in [0.05, 0.1) is 23.3 Å². The second kappa shape index (κ2) is 9.28. The number of nitrogens with one attached hydrogen (secondary N) is 2. The highest BCUT2D eigenvalue weighted by molar-refractivity contribution is 7.80. The van der Waals surface area contributed by atoms with Crippen LogP contribution in [0.1, 0.15) is 46.8 Å². The SMILES string of the molecule is CC(=S)NC(c1ccc(C2=CCN(C(=O)c3ccc([N+](=O)[O-])o3)CC2)c(F)c1)c1cn[nH]n1. The number of furan rings is 1. The summed E-state index contributed by atoms with van der Waals surface area (Å²) in [4.78, 5) is 24.6. The Kier molecular flexibility index (Phi) is 6.27. The Bertz CT molecular complexity index is 1240. The van der Waals surface area contributed by atoms with Crippen molar-refractivity contribution in [3.63, 3.8) is 0 Å². The largest absolute Gasteiger partial charge is 0.433 e. The van der Waals surface area contributed by atoms with Crippen LogP contribution in [0.15, 0.2) is 47.0 Å². The number of halogens is 1. The Hall–Kier alpha value is -3.93. The molecule has 1 amide bonds. The fourth-order valence-electron chi connectivity index (χ4n) is 3.65. The molecule has 1 aliphatic heterocycles. The molecule has 0 spiro atoms. The zero-order chi connectivity index (χ0) is 23.5. The van der Waals surface area contributed by atoms with Crippen LogP contribution >= 0.6 is 12.2 Å². The summed E-state index contributed by atoms with van der Waals surface area (Å²) in [6, 6.07) is 6.89. The molecule has 3 aromatic rings. The zero-order valence-electron chi connectivity index (χ0n) is 17.4. The maximum atomic E-state index is 15.1. The summed E-state index contributed by atoms with van der Waals surface area (Å²) in [5, 5.41) is 24.3. The van der Waals surface area contributed by atoms with Crippen LogP contribution in [0, 0.1) is 15.9 Å². The van der Waals surface area contributed by atoms with E-state index in [1.807, 2.05) is 0 Å². The summed E-state index contributed by atoms with van der Waals surface area (Å²) in [6.07, 6.45) is 3.74. The molecule has 1 aromatic carbocycles. The summed E-state index contributed by atoms with van der Waals surface area (Å²) >= 11 is 5.14. The first-order valence-electron chi connectivity index (χ1n) is 9.98. The zero-order valence-corrected chi connectivity index (χ0v) is 18.3. The number of H-pyrrole nitrogens is 1. The van der Waals surface area contributed by atoms with Crippen molar-refractivity contribution in [1.29, 1.82) is 0 Å². The summed E-state index contributed by atoms with van der Waals surface area (Å²) in [5.74, 6) is -1.45. The number of nitro groups is 1. The van der Waals surface area contributed by atoms with Crippen molar-refractivity contribution in [2.24, 2.45) is 0 Å². The predicted octanol–water partition coefficient (Wildman–Crippen LogP) is 3.40. The molecule has 0 fully saturated rings. The third-order valence-corrected chi connectivity index (χ3v) is 5.35. The molecule has 1 atom stereocenters. The van der Waals surface area contributed by atoms with Crippen LogP contribution in [-0.4, -0.2) is 49.2 Å². The molecule has 2 N–H and O–H groups in total. The molecule has 33 heavy (non-hydrogen) atoms. The Balaban J connectivity index is 1.50. The first-order valence-corrected chi connectivity index (χ1v) is 10.4. The topological polar surface area (TPSA) is 130 Å². The van der Waals surface area contributed by atoms with Crippen LogP contribution in [0.2, 0.25) is 0 Å². The van der Waals surface area contributed by atoms with E-state index < -0.39 is 28.6 Å². The van der Waals surface area contributed by atoms with E-state index in [0.717, 1.165) is 11.6 Å². The minimum Gasteiger partial charge on any atom is -0.395 e. The smallest absolute Gasteiger partial charge is 0.395 e. The first-order chi connectivity index (χ1) is 15.8. The first kappa shape index (κ1) is 22.3. The van der Waals surface area contributed by atoms with Gasteiger partial charge in [0.1, 0.15) is 16.4 Å². The van der Waals surface area contributed by atoms with Crippen molar-refractivity contribution in [2.45, 2.75) is 19.4 Å². The highest BCUT2D eigenvalue weighted by Crippen LogP contribution is 2.29. The van der Waals surface area contributed by atoms with Crippen LogP contribution in [0.3, 0.4) is 0 Å². The number of amides is 1. The number of hydrogen-bond donors (Lipinski definition) is 2. The molecule has 0 aliphatic carbocycles. The molecular formula is C21H19FN6O4S. The molecule has 1 aliphatic rings. The number of carbonyl (C=O) groups excluding carboxylic acids is 1. The fourth-order valence-corrected chi connectivity index (χ4v) is 3.76. The summed E-state index contributed by atoms with van der Waals surface area (Å²) in [7, 11) is 0. The molecule has 12 heteroatoms. The van der Waals surface area contributed by atoms with Gasteiger partial charge in [-0.15, -0.1) is 0 Å². The molecule has 10 nitrogen and oxygen atoms in total. The highest BCUT2D eigenvalue weighted by Gasteiger charge is 2.25. The lowest BCUT2D eigenvalue weighted by Gasteiger charge is -2.26. The van der Waals surface area contributed by atoms with Crippen LogP contribution in [0.5, 0.6) is 0 Å². The van der Waals surface area contributed by atoms with Gasteiger partial charge in [0.25, 0.3) is 5.91 Å². The van der Waals surface area contributed by atoms with Crippen molar-refractivity contribution in [2.75, 3.05) is 13.1 Å². The van der Waals surface area contributed by atoms with Gasteiger partial charge < -0.3 is 14.6 Å². The number of hydrogen-bond acceptors (Lipinski definition) is 7. The Morgan fingerprint density at radius 1 is 1.39 bits per heavy atom. The van der Waals surface area contributed by atoms with Crippen molar-refractivity contribution in [1.82, 2.24) is 25.6 Å². The molecule has 2 aromatic heterocycles. The van der Waals surface area contributed by atoms with Crippen LogP contribution in [0.25, 0.3) is 5.57 Å². The highest BCUT2D eigenvalue weighted by atomic mass is 32.1. The average molecular weight is 470 g/mol. The lowest BCUT2D eigenvalue weighted by Crippen LogP contribution is -2.34. The van der Waals surface area contributed by atoms with E-state index in [0.29, 0.717) is 34.8 Å². The van der Waals surface area contributed by atoms with Crippen LogP contribution in [0.4, 0.5) is 10.3 Å². The number of thiocarbonyl (C=S) groups is 1. The standard InChI is InChI=1S/C21H19FN6O4S/c1-12(33)24-20(17-11-23-26-25-17)14-2-3-15(16(22)10-14)13-6-8-27(9-7-13)21(29)18-4-5-19(32-18)28(30)31/h2-6,10-11,20H,7-9H2,1H3,(H,24,33)(H,23,25,26). The molecular weight excluding hydrogens is 451 g/mol. The van der Waals surface area contributed by atoms with Gasteiger partial charge in [-0.25, -0.2) is 4.39 Å². The van der Waals surface area contributed by atoms with E-state index in [1.54, 1.807) is 31.3 Å². The van der Waals surface area contributed by atoms with Crippen LogP contribution in [-0.2, 0) is 0 Å². The fraction of sp³-hybridized carbons (Fsp3) is 0.238. The molecule has 4 rings (SSSR count).